The normalized spacial score (nSPS) is 25.8. The molecule has 0 bridgehead atoms. The van der Waals surface area contributed by atoms with Gasteiger partial charge < -0.3 is 28.4 Å². The number of esters is 1. The molecule has 1 saturated heterocycles. The van der Waals surface area contributed by atoms with Gasteiger partial charge in [0.05, 0.1) is 5.56 Å². The van der Waals surface area contributed by atoms with Crippen molar-refractivity contribution in [2.75, 3.05) is 14.2 Å². The number of carbonyl (C=O) groups is 1. The van der Waals surface area contributed by atoms with E-state index in [2.05, 4.69) is 9.51 Å². The largest absolute Gasteiger partial charge is 0.450 e. The molecule has 1 aromatic heterocycles. The highest BCUT2D eigenvalue weighted by atomic mass is 31.2. The second kappa shape index (κ2) is 9.90. The molecule has 0 aliphatic carbocycles. The number of hydrogen-bond donors (Lipinski definition) is 2. The average molecular weight is 470 g/mol. The zero-order chi connectivity index (χ0) is 23.5. The maximum atomic E-state index is 12.7. The number of benzene rings is 1. The molecule has 32 heavy (non-hydrogen) atoms. The van der Waals surface area contributed by atoms with Gasteiger partial charge in [-0.25, -0.2) is 9.59 Å². The number of nitrogens with one attached hydrogen (secondary N) is 1. The van der Waals surface area contributed by atoms with Gasteiger partial charge in [0.25, 0.3) is 5.56 Å². The Bertz CT molecular complexity index is 1100. The van der Waals surface area contributed by atoms with Gasteiger partial charge in [-0.05, 0) is 19.1 Å². The summed E-state index contributed by atoms with van der Waals surface area (Å²) in [6.07, 6.45) is -3.70. The molecule has 13 heteroatoms. The second-order valence-corrected chi connectivity index (χ2v) is 9.05. The number of carbonyl (C=O) groups excluding carboxylic acids is 1. The summed E-state index contributed by atoms with van der Waals surface area (Å²) in [5, 5.41) is 0. The van der Waals surface area contributed by atoms with E-state index in [1.54, 1.807) is 18.2 Å². The second-order valence-electron chi connectivity index (χ2n) is 6.83. The Labute approximate surface area is 182 Å². The Balaban J connectivity index is 1.95. The van der Waals surface area contributed by atoms with E-state index in [-0.39, 0.29) is 5.56 Å². The molecule has 2 unspecified atom stereocenters. The highest BCUT2D eigenvalue weighted by Gasteiger charge is 2.51. The molecule has 0 amide bonds. The Morgan fingerprint density at radius 3 is 2.47 bits per heavy atom. The lowest BCUT2D eigenvalue weighted by Crippen LogP contribution is -2.41. The molecular formula is C19H23N2O10P. The van der Waals surface area contributed by atoms with Crippen LogP contribution in [0.1, 0.15) is 23.5 Å². The highest BCUT2D eigenvalue weighted by molar-refractivity contribution is 7.53. The maximum Gasteiger partial charge on any atom is 0.356 e. The molecule has 2 heterocycles. The number of aromatic nitrogens is 2. The van der Waals surface area contributed by atoms with Crippen LogP contribution in [0.15, 0.2) is 52.2 Å². The lowest BCUT2D eigenvalue weighted by Gasteiger charge is -2.26. The number of aromatic amines is 1. The molecule has 2 N–H and O–H groups in total. The smallest absolute Gasteiger partial charge is 0.356 e. The van der Waals surface area contributed by atoms with Crippen molar-refractivity contribution >= 4 is 13.6 Å². The number of nitrogens with zero attached hydrogens (tertiary/aromatic N) is 1. The van der Waals surface area contributed by atoms with Crippen molar-refractivity contribution in [1.82, 2.24) is 9.55 Å². The van der Waals surface area contributed by atoms with Crippen LogP contribution >= 0.6 is 7.60 Å². The average Bonchev–Trinajstić information content (AvgIpc) is 3.10. The zero-order valence-electron chi connectivity index (χ0n) is 17.4. The van der Waals surface area contributed by atoms with Crippen molar-refractivity contribution in [3.63, 3.8) is 0 Å². The standard InChI is InChI=1S/C19H23N2O10P/c1-11(32(25,26)28-3)29-18-15(30-17(23)12-7-5-4-6-8-12)14(27-2)16(31-18)21-10-9-13(22)20-19(21)24/h4-11,14-16,18H,1-3H3,(H,25,26)(H,20,22,24)/t11?,14-,15+,16-,18+/m1/s1. The first-order chi connectivity index (χ1) is 15.2. The van der Waals surface area contributed by atoms with Crippen LogP contribution in [0.4, 0.5) is 0 Å². The summed E-state index contributed by atoms with van der Waals surface area (Å²) in [5.74, 6) is -2.09. The van der Waals surface area contributed by atoms with E-state index >= 15 is 0 Å². The summed E-state index contributed by atoms with van der Waals surface area (Å²) in [5.41, 5.74) is -1.17. The topological polar surface area (TPSA) is 155 Å². The lowest BCUT2D eigenvalue weighted by molar-refractivity contribution is -0.186. The van der Waals surface area contributed by atoms with Gasteiger partial charge in [-0.15, -0.1) is 0 Å². The SMILES string of the molecule is CO[C@@H]1[C@H](OC(=O)c2ccccc2)[C@@H](OC(C)P(=O)(O)OC)O[C@H]1n1ccc(=O)[nH]c1=O. The van der Waals surface area contributed by atoms with E-state index < -0.39 is 55.4 Å². The fourth-order valence-electron chi connectivity index (χ4n) is 3.13. The van der Waals surface area contributed by atoms with Gasteiger partial charge in [-0.2, -0.15) is 0 Å². The summed E-state index contributed by atoms with van der Waals surface area (Å²) in [7, 11) is -1.82. The Morgan fingerprint density at radius 1 is 1.19 bits per heavy atom. The summed E-state index contributed by atoms with van der Waals surface area (Å²) in [6.45, 7) is 1.28. The van der Waals surface area contributed by atoms with Crippen LogP contribution in [-0.4, -0.2) is 59.0 Å². The molecule has 0 saturated carbocycles. The number of ether oxygens (including phenoxy) is 4. The van der Waals surface area contributed by atoms with Crippen molar-refractivity contribution in [3.8, 4) is 0 Å². The van der Waals surface area contributed by atoms with E-state index in [0.717, 1.165) is 17.7 Å². The first-order valence-corrected chi connectivity index (χ1v) is 11.1. The zero-order valence-corrected chi connectivity index (χ0v) is 18.3. The van der Waals surface area contributed by atoms with Gasteiger partial charge in [-0.3, -0.25) is 18.9 Å². The first-order valence-electron chi connectivity index (χ1n) is 9.47. The fraction of sp³-hybridized carbons (Fsp3) is 0.421. The lowest BCUT2D eigenvalue weighted by atomic mass is 10.2. The van der Waals surface area contributed by atoms with Crippen LogP contribution < -0.4 is 11.2 Å². The van der Waals surface area contributed by atoms with Crippen LogP contribution in [0.2, 0.25) is 0 Å². The van der Waals surface area contributed by atoms with Gasteiger partial charge in [0.2, 0.25) is 6.29 Å². The Morgan fingerprint density at radius 2 is 1.88 bits per heavy atom. The molecule has 1 aromatic carbocycles. The van der Waals surface area contributed by atoms with Crippen molar-refractivity contribution in [1.29, 1.82) is 0 Å². The van der Waals surface area contributed by atoms with Crippen molar-refractivity contribution in [3.05, 3.63) is 69.0 Å². The van der Waals surface area contributed by atoms with Gasteiger partial charge in [0, 0.05) is 26.5 Å². The Hall–Kier alpha value is -2.60. The third-order valence-electron chi connectivity index (χ3n) is 4.85. The molecule has 1 fully saturated rings. The summed E-state index contributed by atoms with van der Waals surface area (Å²) in [6, 6.07) is 9.20. The number of H-pyrrole nitrogens is 1. The monoisotopic (exact) mass is 470 g/mol. The molecule has 1 aliphatic rings. The minimum Gasteiger partial charge on any atom is -0.450 e. The summed E-state index contributed by atoms with van der Waals surface area (Å²) < 4.78 is 40.1. The Kier molecular flexibility index (Phi) is 7.44. The fourth-order valence-corrected chi connectivity index (χ4v) is 3.70. The summed E-state index contributed by atoms with van der Waals surface area (Å²) in [4.78, 5) is 48.4. The van der Waals surface area contributed by atoms with Crippen LogP contribution in [0.25, 0.3) is 0 Å². The van der Waals surface area contributed by atoms with Crippen molar-refractivity contribution in [2.24, 2.45) is 0 Å². The minimum absolute atomic E-state index is 0.239. The summed E-state index contributed by atoms with van der Waals surface area (Å²) >= 11 is 0. The molecule has 0 radical (unpaired) electrons. The molecule has 3 rings (SSSR count). The predicted molar refractivity (Wildman–Crippen MR) is 109 cm³/mol. The van der Waals surface area contributed by atoms with Crippen LogP contribution in [0.5, 0.6) is 0 Å². The number of hydrogen-bond acceptors (Lipinski definition) is 9. The quantitative estimate of drug-likeness (QED) is 0.418. The minimum atomic E-state index is -4.17. The molecule has 2 aromatic rings. The van der Waals surface area contributed by atoms with Crippen LogP contribution in [-0.2, 0) is 28.0 Å². The third kappa shape index (κ3) is 5.07. The van der Waals surface area contributed by atoms with Crippen molar-refractivity contribution < 1.29 is 37.7 Å². The van der Waals surface area contributed by atoms with Crippen molar-refractivity contribution in [2.45, 2.75) is 37.5 Å². The molecule has 12 nitrogen and oxygen atoms in total. The number of methoxy groups -OCH3 is 1. The van der Waals surface area contributed by atoms with E-state index in [1.807, 2.05) is 0 Å². The molecule has 174 valence electrons. The molecular weight excluding hydrogens is 447 g/mol. The van der Waals surface area contributed by atoms with E-state index in [9.17, 15) is 23.8 Å². The number of rotatable bonds is 8. The van der Waals surface area contributed by atoms with E-state index in [4.69, 9.17) is 18.9 Å². The molecule has 6 atom stereocenters. The first kappa shape index (κ1) is 24.1. The van der Waals surface area contributed by atoms with Gasteiger partial charge in [0.15, 0.2) is 18.2 Å². The van der Waals surface area contributed by atoms with Crippen LogP contribution in [0.3, 0.4) is 0 Å². The predicted octanol–water partition coefficient (Wildman–Crippen LogP) is 0.827. The van der Waals surface area contributed by atoms with Crippen LogP contribution in [0, 0.1) is 0 Å². The van der Waals surface area contributed by atoms with Gasteiger partial charge >= 0.3 is 19.3 Å². The highest BCUT2D eigenvalue weighted by Crippen LogP contribution is 2.48. The van der Waals surface area contributed by atoms with Gasteiger partial charge in [0.1, 0.15) is 6.10 Å². The maximum absolute atomic E-state index is 12.7. The van der Waals surface area contributed by atoms with E-state index in [1.165, 1.54) is 32.4 Å². The van der Waals surface area contributed by atoms with E-state index in [0.29, 0.717) is 0 Å². The third-order valence-corrected chi connectivity index (χ3v) is 6.41. The van der Waals surface area contributed by atoms with Gasteiger partial charge in [-0.1, -0.05) is 18.2 Å². The molecule has 1 aliphatic heterocycles. The molecule has 0 spiro atoms.